The third kappa shape index (κ3) is 2.76. The fourth-order valence-electron chi connectivity index (χ4n) is 3.04. The fourth-order valence-corrected chi connectivity index (χ4v) is 3.04. The predicted molar refractivity (Wildman–Crippen MR) is 86.7 cm³/mol. The third-order valence-electron chi connectivity index (χ3n) is 4.18. The van der Waals surface area contributed by atoms with Crippen molar-refractivity contribution in [1.82, 2.24) is 15.0 Å². The molecule has 5 heteroatoms. The van der Waals surface area contributed by atoms with Gasteiger partial charge >= 0.3 is 0 Å². The van der Waals surface area contributed by atoms with Crippen LogP contribution in [0.2, 0.25) is 0 Å². The number of aromatic amines is 1. The molecule has 2 heterocycles. The van der Waals surface area contributed by atoms with Crippen LogP contribution in [0.25, 0.3) is 10.9 Å². The number of piperidine rings is 1. The summed E-state index contributed by atoms with van der Waals surface area (Å²) in [5.41, 5.74) is 0.941. The van der Waals surface area contributed by atoms with E-state index in [1.165, 1.54) is 12.5 Å². The molecule has 1 aliphatic rings. The summed E-state index contributed by atoms with van der Waals surface area (Å²) >= 11 is 0. The summed E-state index contributed by atoms with van der Waals surface area (Å²) in [6.45, 7) is 4.37. The lowest BCUT2D eigenvalue weighted by molar-refractivity contribution is -0.0186. The Labute approximate surface area is 129 Å². The molecule has 0 spiro atoms. The summed E-state index contributed by atoms with van der Waals surface area (Å²) < 4.78 is 0. The monoisotopic (exact) mass is 299 g/mol. The molecule has 22 heavy (non-hydrogen) atoms. The lowest BCUT2D eigenvalue weighted by Gasteiger charge is -2.36. The number of nitrogens with one attached hydrogen (secondary N) is 1. The van der Waals surface area contributed by atoms with Crippen molar-refractivity contribution in [2.45, 2.75) is 26.2 Å². The minimum absolute atomic E-state index is 0.118. The average Bonchev–Trinajstić information content (AvgIpc) is 2.56. The van der Waals surface area contributed by atoms with Crippen LogP contribution in [0.4, 0.5) is 0 Å². The highest BCUT2D eigenvalue weighted by atomic mass is 16.2. The van der Waals surface area contributed by atoms with Crippen molar-refractivity contribution in [2.75, 3.05) is 19.6 Å². The second-order valence-corrected chi connectivity index (χ2v) is 5.63. The zero-order valence-electron chi connectivity index (χ0n) is 12.8. The minimum Gasteiger partial charge on any atom is -0.350 e. The normalized spacial score (nSPS) is 15.9. The second-order valence-electron chi connectivity index (χ2n) is 5.63. The van der Waals surface area contributed by atoms with Crippen LogP contribution in [-0.2, 0) is 0 Å². The number of pyridine rings is 1. The molecule has 1 fully saturated rings. The largest absolute Gasteiger partial charge is 0.350 e. The molecule has 0 atom stereocenters. The van der Waals surface area contributed by atoms with Crippen molar-refractivity contribution < 1.29 is 4.79 Å². The maximum absolute atomic E-state index is 12.8. The molecule has 1 aromatic heterocycles. The van der Waals surface area contributed by atoms with Crippen molar-refractivity contribution in [3.05, 3.63) is 46.2 Å². The first kappa shape index (κ1) is 14.8. The van der Waals surface area contributed by atoms with Gasteiger partial charge in [-0.3, -0.25) is 14.6 Å². The van der Waals surface area contributed by atoms with E-state index >= 15 is 0 Å². The number of H-pyrrole nitrogens is 1. The SMILES string of the molecule is CCN(C(=O)c1cc(=O)c2ccccc2[nH]1)N1CCCCC1. The molecule has 5 nitrogen and oxygen atoms in total. The molecular formula is C17H21N3O2. The molecule has 0 saturated carbocycles. The quantitative estimate of drug-likeness (QED) is 0.947. The molecular weight excluding hydrogens is 278 g/mol. The van der Waals surface area contributed by atoms with Crippen LogP contribution >= 0.6 is 0 Å². The number of amides is 1. The molecule has 116 valence electrons. The van der Waals surface area contributed by atoms with Gasteiger partial charge in [0, 0.05) is 36.6 Å². The van der Waals surface area contributed by atoms with Crippen LogP contribution in [0.5, 0.6) is 0 Å². The number of hydrogen-bond donors (Lipinski definition) is 1. The molecule has 1 amide bonds. The number of para-hydroxylation sites is 1. The molecule has 0 aliphatic carbocycles. The Hall–Kier alpha value is -2.14. The molecule has 1 aromatic carbocycles. The van der Waals surface area contributed by atoms with Gasteiger partial charge in [-0.1, -0.05) is 18.6 Å². The molecule has 0 bridgehead atoms. The average molecular weight is 299 g/mol. The minimum atomic E-state index is -0.132. The van der Waals surface area contributed by atoms with Gasteiger partial charge in [0.2, 0.25) is 0 Å². The zero-order valence-corrected chi connectivity index (χ0v) is 12.8. The Bertz CT molecular complexity index is 732. The van der Waals surface area contributed by atoms with Crippen molar-refractivity contribution in [1.29, 1.82) is 0 Å². The van der Waals surface area contributed by atoms with Crippen LogP contribution in [0.15, 0.2) is 35.1 Å². The van der Waals surface area contributed by atoms with E-state index in [4.69, 9.17) is 0 Å². The number of fused-ring (bicyclic) bond motifs is 1. The van der Waals surface area contributed by atoms with Crippen LogP contribution < -0.4 is 5.43 Å². The van der Waals surface area contributed by atoms with Gasteiger partial charge < -0.3 is 4.98 Å². The van der Waals surface area contributed by atoms with Gasteiger partial charge in [0.05, 0.1) is 0 Å². The van der Waals surface area contributed by atoms with Crippen LogP contribution in [0.1, 0.15) is 36.7 Å². The third-order valence-corrected chi connectivity index (χ3v) is 4.18. The maximum atomic E-state index is 12.8. The highest BCUT2D eigenvalue weighted by molar-refractivity contribution is 5.94. The van der Waals surface area contributed by atoms with Gasteiger partial charge in [-0.15, -0.1) is 0 Å². The van der Waals surface area contributed by atoms with E-state index in [-0.39, 0.29) is 11.3 Å². The Morgan fingerprint density at radius 3 is 2.68 bits per heavy atom. The highest BCUT2D eigenvalue weighted by Crippen LogP contribution is 2.15. The van der Waals surface area contributed by atoms with E-state index in [2.05, 4.69) is 9.99 Å². The van der Waals surface area contributed by atoms with E-state index < -0.39 is 0 Å². The number of benzene rings is 1. The van der Waals surface area contributed by atoms with Crippen molar-refractivity contribution in [2.24, 2.45) is 0 Å². The molecule has 2 aromatic rings. The first-order chi connectivity index (χ1) is 10.7. The van der Waals surface area contributed by atoms with E-state index in [0.29, 0.717) is 23.1 Å². The lowest BCUT2D eigenvalue weighted by atomic mass is 10.1. The summed E-state index contributed by atoms with van der Waals surface area (Å²) in [4.78, 5) is 28.1. The second kappa shape index (κ2) is 6.32. The topological polar surface area (TPSA) is 56.4 Å². The Balaban J connectivity index is 1.94. The maximum Gasteiger partial charge on any atom is 0.284 e. The van der Waals surface area contributed by atoms with Gasteiger partial charge in [0.1, 0.15) is 5.69 Å². The molecule has 1 aliphatic heterocycles. The first-order valence-electron chi connectivity index (χ1n) is 7.89. The Kier molecular flexibility index (Phi) is 4.24. The number of carbonyl (C=O) groups excluding carboxylic acids is 1. The zero-order chi connectivity index (χ0) is 15.5. The standard InChI is InChI=1S/C17H21N3O2/c1-2-20(19-10-6-3-7-11-19)17(22)15-12-16(21)13-8-4-5-9-14(13)18-15/h4-5,8-9,12H,2-3,6-7,10-11H2,1H3,(H,18,21). The van der Waals surface area contributed by atoms with Crippen LogP contribution in [0, 0.1) is 0 Å². The van der Waals surface area contributed by atoms with Gasteiger partial charge in [-0.25, -0.2) is 5.01 Å². The van der Waals surface area contributed by atoms with Crippen LogP contribution in [0.3, 0.4) is 0 Å². The molecule has 0 radical (unpaired) electrons. The van der Waals surface area contributed by atoms with Gasteiger partial charge in [-0.2, -0.15) is 0 Å². The number of hydrazine groups is 1. The molecule has 1 N–H and O–H groups in total. The lowest BCUT2D eigenvalue weighted by Crippen LogP contribution is -2.49. The number of rotatable bonds is 3. The number of aromatic nitrogens is 1. The number of hydrogen-bond acceptors (Lipinski definition) is 3. The van der Waals surface area contributed by atoms with Crippen molar-refractivity contribution in [3.8, 4) is 0 Å². The van der Waals surface area contributed by atoms with Crippen LogP contribution in [-0.4, -0.2) is 40.5 Å². The fraction of sp³-hybridized carbons (Fsp3) is 0.412. The number of carbonyl (C=O) groups is 1. The van der Waals surface area contributed by atoms with E-state index in [0.717, 1.165) is 25.9 Å². The van der Waals surface area contributed by atoms with Crippen molar-refractivity contribution >= 4 is 16.8 Å². The molecule has 1 saturated heterocycles. The molecule has 3 rings (SSSR count). The predicted octanol–water partition coefficient (Wildman–Crippen LogP) is 2.39. The molecule has 0 unspecified atom stereocenters. The van der Waals surface area contributed by atoms with Crippen molar-refractivity contribution in [3.63, 3.8) is 0 Å². The van der Waals surface area contributed by atoms with Gasteiger partial charge in [0.15, 0.2) is 5.43 Å². The summed E-state index contributed by atoms with van der Waals surface area (Å²) in [6.07, 6.45) is 3.44. The van der Waals surface area contributed by atoms with E-state index in [1.807, 2.05) is 25.1 Å². The Morgan fingerprint density at radius 2 is 1.95 bits per heavy atom. The summed E-state index contributed by atoms with van der Waals surface area (Å²) in [6, 6.07) is 8.69. The summed E-state index contributed by atoms with van der Waals surface area (Å²) in [7, 11) is 0. The van der Waals surface area contributed by atoms with E-state index in [9.17, 15) is 9.59 Å². The Morgan fingerprint density at radius 1 is 1.23 bits per heavy atom. The van der Waals surface area contributed by atoms with Gasteiger partial charge in [-0.05, 0) is 31.9 Å². The van der Waals surface area contributed by atoms with Gasteiger partial charge in [0.25, 0.3) is 5.91 Å². The smallest absolute Gasteiger partial charge is 0.284 e. The first-order valence-corrected chi connectivity index (χ1v) is 7.89. The van der Waals surface area contributed by atoms with E-state index in [1.54, 1.807) is 11.1 Å². The summed E-state index contributed by atoms with van der Waals surface area (Å²) in [5.74, 6) is -0.132. The summed E-state index contributed by atoms with van der Waals surface area (Å²) in [5, 5.41) is 4.46. The number of nitrogens with zero attached hydrogens (tertiary/aromatic N) is 2. The highest BCUT2D eigenvalue weighted by Gasteiger charge is 2.23.